The molecule has 2 aromatic rings. The molecule has 2 N–H and O–H groups in total. The first-order chi connectivity index (χ1) is 12.6. The van der Waals surface area contributed by atoms with Gasteiger partial charge in [0.15, 0.2) is 6.61 Å². The standard InChI is InChI=1S/C19H20N2O5/c22-16(21-19(18(23)24)10-2-3-11-19)13-25-14-6-8-15(9-7-14)26-17-5-1-4-12-20-17/h1,4-9,12H,2-3,10-11,13H2,(H,21,22)(H,23,24). The Hall–Kier alpha value is -3.09. The number of aliphatic carboxylic acids is 1. The summed E-state index contributed by atoms with van der Waals surface area (Å²) in [6, 6.07) is 12.1. The van der Waals surface area contributed by atoms with Crippen molar-refractivity contribution in [3.8, 4) is 17.4 Å². The number of hydrogen-bond donors (Lipinski definition) is 2. The Bertz CT molecular complexity index is 755. The lowest BCUT2D eigenvalue weighted by atomic mass is 9.98. The van der Waals surface area contributed by atoms with Gasteiger partial charge in [-0.25, -0.2) is 9.78 Å². The highest BCUT2D eigenvalue weighted by Crippen LogP contribution is 2.30. The molecule has 1 aromatic heterocycles. The monoisotopic (exact) mass is 356 g/mol. The Labute approximate surface area is 151 Å². The van der Waals surface area contributed by atoms with Crippen LogP contribution < -0.4 is 14.8 Å². The molecule has 26 heavy (non-hydrogen) atoms. The minimum Gasteiger partial charge on any atom is -0.484 e. The Kier molecular flexibility index (Phi) is 5.36. The summed E-state index contributed by atoms with van der Waals surface area (Å²) in [5.74, 6) is 0.138. The Morgan fingerprint density at radius 1 is 1.08 bits per heavy atom. The first-order valence-electron chi connectivity index (χ1n) is 8.44. The number of carbonyl (C=O) groups excluding carboxylic acids is 1. The largest absolute Gasteiger partial charge is 0.484 e. The lowest BCUT2D eigenvalue weighted by Crippen LogP contribution is -2.53. The van der Waals surface area contributed by atoms with E-state index in [9.17, 15) is 14.7 Å². The quantitative estimate of drug-likeness (QED) is 0.792. The summed E-state index contributed by atoms with van der Waals surface area (Å²) in [6.45, 7) is -0.241. The van der Waals surface area contributed by atoms with E-state index in [2.05, 4.69) is 10.3 Å². The molecule has 3 rings (SSSR count). The second-order valence-corrected chi connectivity index (χ2v) is 6.17. The van der Waals surface area contributed by atoms with Crippen molar-refractivity contribution in [3.63, 3.8) is 0 Å². The summed E-state index contributed by atoms with van der Waals surface area (Å²) in [7, 11) is 0. The minimum absolute atomic E-state index is 0.241. The number of hydrogen-bond acceptors (Lipinski definition) is 5. The van der Waals surface area contributed by atoms with Crippen LogP contribution in [0.1, 0.15) is 25.7 Å². The fraction of sp³-hybridized carbons (Fsp3) is 0.316. The van der Waals surface area contributed by atoms with Gasteiger partial charge in [-0.1, -0.05) is 18.9 Å². The predicted molar refractivity (Wildman–Crippen MR) is 93.2 cm³/mol. The van der Waals surface area contributed by atoms with Crippen molar-refractivity contribution in [1.29, 1.82) is 0 Å². The molecule has 0 unspecified atom stereocenters. The molecular formula is C19H20N2O5. The molecule has 0 saturated heterocycles. The van der Waals surface area contributed by atoms with Gasteiger partial charge in [-0.3, -0.25) is 4.79 Å². The SMILES string of the molecule is O=C(COc1ccc(Oc2ccccn2)cc1)NC1(C(=O)O)CCCC1. The molecule has 1 aromatic carbocycles. The fourth-order valence-corrected chi connectivity index (χ4v) is 2.95. The van der Waals surface area contributed by atoms with Crippen LogP contribution in [-0.4, -0.2) is 34.1 Å². The van der Waals surface area contributed by atoms with E-state index in [-0.39, 0.29) is 6.61 Å². The molecule has 0 bridgehead atoms. The van der Waals surface area contributed by atoms with Crippen LogP contribution >= 0.6 is 0 Å². The van der Waals surface area contributed by atoms with Crippen molar-refractivity contribution in [1.82, 2.24) is 10.3 Å². The third-order valence-corrected chi connectivity index (χ3v) is 4.30. The summed E-state index contributed by atoms with van der Waals surface area (Å²) >= 11 is 0. The molecule has 0 radical (unpaired) electrons. The molecule has 1 heterocycles. The number of carboxylic acids is 1. The van der Waals surface area contributed by atoms with Crippen LogP contribution in [0, 0.1) is 0 Å². The number of amides is 1. The second kappa shape index (κ2) is 7.86. The highest BCUT2D eigenvalue weighted by atomic mass is 16.5. The van der Waals surface area contributed by atoms with Gasteiger partial charge in [-0.15, -0.1) is 0 Å². The second-order valence-electron chi connectivity index (χ2n) is 6.17. The Morgan fingerprint density at radius 3 is 2.38 bits per heavy atom. The van der Waals surface area contributed by atoms with Crippen molar-refractivity contribution in [2.75, 3.05) is 6.61 Å². The zero-order valence-electron chi connectivity index (χ0n) is 14.2. The highest BCUT2D eigenvalue weighted by molar-refractivity contribution is 5.87. The first kappa shape index (κ1) is 17.7. The minimum atomic E-state index is -1.15. The van der Waals surface area contributed by atoms with Gasteiger partial charge < -0.3 is 19.9 Å². The molecular weight excluding hydrogens is 336 g/mol. The van der Waals surface area contributed by atoms with Crippen molar-refractivity contribution in [3.05, 3.63) is 48.7 Å². The maximum absolute atomic E-state index is 12.1. The Morgan fingerprint density at radius 2 is 1.77 bits per heavy atom. The van der Waals surface area contributed by atoms with E-state index in [0.717, 1.165) is 12.8 Å². The summed E-state index contributed by atoms with van der Waals surface area (Å²) in [4.78, 5) is 27.6. The number of carbonyl (C=O) groups is 2. The van der Waals surface area contributed by atoms with Crippen LogP contribution in [-0.2, 0) is 9.59 Å². The predicted octanol–water partition coefficient (Wildman–Crippen LogP) is 2.77. The molecule has 7 nitrogen and oxygen atoms in total. The van der Waals surface area contributed by atoms with Gasteiger partial charge in [0.05, 0.1) is 0 Å². The lowest BCUT2D eigenvalue weighted by Gasteiger charge is -2.25. The summed E-state index contributed by atoms with van der Waals surface area (Å²) in [6.07, 6.45) is 4.14. The van der Waals surface area contributed by atoms with E-state index in [1.54, 1.807) is 42.6 Å². The van der Waals surface area contributed by atoms with Crippen molar-refractivity contribution < 1.29 is 24.2 Å². The third-order valence-electron chi connectivity index (χ3n) is 4.30. The molecule has 0 aliphatic heterocycles. The molecule has 1 saturated carbocycles. The van der Waals surface area contributed by atoms with Gasteiger partial charge in [-0.2, -0.15) is 0 Å². The molecule has 136 valence electrons. The third kappa shape index (κ3) is 4.30. The molecule has 1 aliphatic rings. The van der Waals surface area contributed by atoms with Crippen molar-refractivity contribution >= 4 is 11.9 Å². The summed E-state index contributed by atoms with van der Waals surface area (Å²) in [5, 5.41) is 12.0. The van der Waals surface area contributed by atoms with Gasteiger partial charge in [0.2, 0.25) is 5.88 Å². The molecule has 1 fully saturated rings. The highest BCUT2D eigenvalue weighted by Gasteiger charge is 2.42. The number of carboxylic acid groups (broad SMARTS) is 1. The van der Waals surface area contributed by atoms with Gasteiger partial charge in [0.25, 0.3) is 5.91 Å². The maximum atomic E-state index is 12.1. The zero-order valence-corrected chi connectivity index (χ0v) is 14.2. The normalized spacial score (nSPS) is 15.2. The van der Waals surface area contributed by atoms with Crippen LogP contribution in [0.15, 0.2) is 48.7 Å². The fourth-order valence-electron chi connectivity index (χ4n) is 2.95. The number of aromatic nitrogens is 1. The average Bonchev–Trinajstić information content (AvgIpc) is 3.12. The van der Waals surface area contributed by atoms with E-state index in [4.69, 9.17) is 9.47 Å². The van der Waals surface area contributed by atoms with Crippen LogP contribution in [0.4, 0.5) is 0 Å². The van der Waals surface area contributed by atoms with E-state index in [1.807, 2.05) is 6.07 Å². The smallest absolute Gasteiger partial charge is 0.329 e. The number of benzene rings is 1. The molecule has 1 amide bonds. The molecule has 0 atom stereocenters. The molecule has 0 spiro atoms. The van der Waals surface area contributed by atoms with Gasteiger partial charge in [0, 0.05) is 12.3 Å². The van der Waals surface area contributed by atoms with Crippen LogP contribution in [0.3, 0.4) is 0 Å². The van der Waals surface area contributed by atoms with E-state index < -0.39 is 17.4 Å². The van der Waals surface area contributed by atoms with Crippen LogP contribution in [0.25, 0.3) is 0 Å². The summed E-state index contributed by atoms with van der Waals surface area (Å²) in [5.41, 5.74) is -1.15. The molecule has 1 aliphatic carbocycles. The number of nitrogens with zero attached hydrogens (tertiary/aromatic N) is 1. The van der Waals surface area contributed by atoms with Gasteiger partial charge >= 0.3 is 5.97 Å². The lowest BCUT2D eigenvalue weighted by molar-refractivity contribution is -0.147. The number of pyridine rings is 1. The van der Waals surface area contributed by atoms with Crippen molar-refractivity contribution in [2.24, 2.45) is 0 Å². The number of ether oxygens (including phenoxy) is 2. The molecule has 7 heteroatoms. The average molecular weight is 356 g/mol. The van der Waals surface area contributed by atoms with E-state index in [0.29, 0.717) is 30.2 Å². The van der Waals surface area contributed by atoms with Crippen molar-refractivity contribution in [2.45, 2.75) is 31.2 Å². The van der Waals surface area contributed by atoms with Gasteiger partial charge in [-0.05, 0) is 43.2 Å². The topological polar surface area (TPSA) is 97.8 Å². The van der Waals surface area contributed by atoms with E-state index >= 15 is 0 Å². The number of nitrogens with one attached hydrogen (secondary N) is 1. The van der Waals surface area contributed by atoms with Crippen LogP contribution in [0.5, 0.6) is 17.4 Å². The number of rotatable bonds is 7. The zero-order chi connectivity index (χ0) is 18.4. The Balaban J connectivity index is 1.51. The summed E-state index contributed by atoms with van der Waals surface area (Å²) < 4.78 is 11.0. The first-order valence-corrected chi connectivity index (χ1v) is 8.44. The van der Waals surface area contributed by atoms with Crippen LogP contribution in [0.2, 0.25) is 0 Å². The van der Waals surface area contributed by atoms with E-state index in [1.165, 1.54) is 0 Å². The van der Waals surface area contributed by atoms with Gasteiger partial charge in [0.1, 0.15) is 17.0 Å². The maximum Gasteiger partial charge on any atom is 0.329 e.